The fourth-order valence-corrected chi connectivity index (χ4v) is 2.45. The maximum Gasteiger partial charge on any atom is 0.0965 e. The molecule has 1 N–H and O–H groups in total. The number of aromatic nitrogens is 5. The monoisotopic (exact) mass is 324 g/mol. The molecule has 0 unspecified atom stereocenters. The standard InChI is InChI=1S/C18H24N6/c1-18(2,3)24-13-15(20-22-24)11-19-12-16-10-17(21-23(16)4)14-8-6-5-7-9-14/h5-10,13,19H,11-12H2,1-4H3. The van der Waals surface area contributed by atoms with Crippen LogP contribution in [0.5, 0.6) is 0 Å². The number of aryl methyl sites for hydroxylation is 1. The van der Waals surface area contributed by atoms with Crippen LogP contribution in [-0.4, -0.2) is 24.8 Å². The van der Waals surface area contributed by atoms with Crippen molar-refractivity contribution in [2.75, 3.05) is 0 Å². The molecule has 1 aromatic carbocycles. The van der Waals surface area contributed by atoms with Crippen LogP contribution >= 0.6 is 0 Å². The van der Waals surface area contributed by atoms with Gasteiger partial charge in [0.1, 0.15) is 0 Å². The van der Waals surface area contributed by atoms with Gasteiger partial charge in [0, 0.05) is 25.7 Å². The topological polar surface area (TPSA) is 60.6 Å². The highest BCUT2D eigenvalue weighted by atomic mass is 15.4. The molecule has 2 aromatic heterocycles. The lowest BCUT2D eigenvalue weighted by molar-refractivity contribution is 0.347. The van der Waals surface area contributed by atoms with Crippen LogP contribution in [-0.2, 0) is 25.7 Å². The minimum Gasteiger partial charge on any atom is -0.305 e. The second-order valence-electron chi connectivity index (χ2n) is 6.94. The summed E-state index contributed by atoms with van der Waals surface area (Å²) in [6, 6.07) is 12.3. The Morgan fingerprint density at radius 1 is 1.08 bits per heavy atom. The van der Waals surface area contributed by atoms with Crippen LogP contribution in [0.4, 0.5) is 0 Å². The summed E-state index contributed by atoms with van der Waals surface area (Å²) in [6.45, 7) is 7.75. The van der Waals surface area contributed by atoms with Gasteiger partial charge in [0.05, 0.1) is 28.8 Å². The smallest absolute Gasteiger partial charge is 0.0965 e. The summed E-state index contributed by atoms with van der Waals surface area (Å²) in [5, 5.41) is 16.4. The summed E-state index contributed by atoms with van der Waals surface area (Å²) in [4.78, 5) is 0. The number of nitrogens with one attached hydrogen (secondary N) is 1. The summed E-state index contributed by atoms with van der Waals surface area (Å²) >= 11 is 0. The zero-order valence-corrected chi connectivity index (χ0v) is 14.7. The highest BCUT2D eigenvalue weighted by molar-refractivity contribution is 5.59. The molecule has 3 rings (SSSR count). The van der Waals surface area contributed by atoms with Gasteiger partial charge in [-0.3, -0.25) is 4.68 Å². The molecule has 6 nitrogen and oxygen atoms in total. The SMILES string of the molecule is Cn1nc(-c2ccccc2)cc1CNCc1cn(C(C)(C)C)nn1. The van der Waals surface area contributed by atoms with E-state index in [0.29, 0.717) is 6.54 Å². The number of hydrogen-bond acceptors (Lipinski definition) is 4. The molecule has 24 heavy (non-hydrogen) atoms. The summed E-state index contributed by atoms with van der Waals surface area (Å²) in [5.41, 5.74) is 4.16. The maximum absolute atomic E-state index is 4.59. The Balaban J connectivity index is 1.61. The van der Waals surface area contributed by atoms with E-state index in [1.54, 1.807) is 0 Å². The molecule has 0 spiro atoms. The zero-order chi connectivity index (χ0) is 17.2. The van der Waals surface area contributed by atoms with E-state index < -0.39 is 0 Å². The molecule has 0 bridgehead atoms. The number of hydrogen-bond donors (Lipinski definition) is 1. The van der Waals surface area contributed by atoms with E-state index in [9.17, 15) is 0 Å². The van der Waals surface area contributed by atoms with Crippen molar-refractivity contribution >= 4 is 0 Å². The van der Waals surface area contributed by atoms with E-state index in [4.69, 9.17) is 0 Å². The predicted molar refractivity (Wildman–Crippen MR) is 94.2 cm³/mol. The largest absolute Gasteiger partial charge is 0.305 e. The molecule has 0 fully saturated rings. The fourth-order valence-electron chi connectivity index (χ4n) is 2.45. The molecule has 6 heteroatoms. The van der Waals surface area contributed by atoms with Gasteiger partial charge in [-0.15, -0.1) is 5.10 Å². The molecule has 3 aromatic rings. The minimum absolute atomic E-state index is 0.0438. The Bertz CT molecular complexity index is 795. The molecule has 0 saturated carbocycles. The maximum atomic E-state index is 4.59. The van der Waals surface area contributed by atoms with Crippen molar-refractivity contribution in [3.8, 4) is 11.3 Å². The molecule has 0 atom stereocenters. The second-order valence-corrected chi connectivity index (χ2v) is 6.94. The van der Waals surface area contributed by atoms with Gasteiger partial charge in [-0.1, -0.05) is 35.5 Å². The van der Waals surface area contributed by atoms with Gasteiger partial charge in [0.2, 0.25) is 0 Å². The highest BCUT2D eigenvalue weighted by Crippen LogP contribution is 2.18. The van der Waals surface area contributed by atoms with Crippen LogP contribution in [0, 0.1) is 0 Å². The summed E-state index contributed by atoms with van der Waals surface area (Å²) in [6.07, 6.45) is 1.99. The van der Waals surface area contributed by atoms with Crippen LogP contribution in [0.1, 0.15) is 32.2 Å². The third-order valence-corrected chi connectivity index (χ3v) is 3.89. The van der Waals surface area contributed by atoms with E-state index in [1.165, 1.54) is 0 Å². The number of rotatable bonds is 5. The Hall–Kier alpha value is -2.47. The van der Waals surface area contributed by atoms with E-state index in [1.807, 2.05) is 40.8 Å². The average molecular weight is 324 g/mol. The molecule has 0 radical (unpaired) electrons. The van der Waals surface area contributed by atoms with Crippen LogP contribution in [0.25, 0.3) is 11.3 Å². The lowest BCUT2D eigenvalue weighted by Crippen LogP contribution is -2.22. The lowest BCUT2D eigenvalue weighted by Gasteiger charge is -2.17. The van der Waals surface area contributed by atoms with Gasteiger partial charge in [-0.25, -0.2) is 4.68 Å². The number of benzene rings is 1. The van der Waals surface area contributed by atoms with Crippen molar-refractivity contribution in [2.24, 2.45) is 7.05 Å². The van der Waals surface area contributed by atoms with Gasteiger partial charge in [-0.2, -0.15) is 5.10 Å². The van der Waals surface area contributed by atoms with Gasteiger partial charge in [-0.05, 0) is 26.8 Å². The van der Waals surface area contributed by atoms with E-state index >= 15 is 0 Å². The zero-order valence-electron chi connectivity index (χ0n) is 14.7. The summed E-state index contributed by atoms with van der Waals surface area (Å²) in [7, 11) is 1.97. The van der Waals surface area contributed by atoms with Gasteiger partial charge < -0.3 is 5.32 Å². The van der Waals surface area contributed by atoms with Crippen LogP contribution < -0.4 is 5.32 Å². The molecule has 0 amide bonds. The Kier molecular flexibility index (Phi) is 4.49. The Morgan fingerprint density at radius 2 is 1.83 bits per heavy atom. The first kappa shape index (κ1) is 16.4. The Morgan fingerprint density at radius 3 is 2.50 bits per heavy atom. The van der Waals surface area contributed by atoms with E-state index in [-0.39, 0.29) is 5.54 Å². The molecular formula is C18H24N6. The summed E-state index contributed by atoms with van der Waals surface area (Å²) in [5.74, 6) is 0. The van der Waals surface area contributed by atoms with E-state index in [2.05, 4.69) is 59.7 Å². The normalized spacial score (nSPS) is 11.8. The van der Waals surface area contributed by atoms with Crippen molar-refractivity contribution in [3.63, 3.8) is 0 Å². The quantitative estimate of drug-likeness (QED) is 0.784. The van der Waals surface area contributed by atoms with Gasteiger partial charge in [0.25, 0.3) is 0 Å². The average Bonchev–Trinajstić information content (AvgIpc) is 3.16. The lowest BCUT2D eigenvalue weighted by atomic mass is 10.1. The Labute approximate surface area is 142 Å². The van der Waals surface area contributed by atoms with Crippen LogP contribution in [0.3, 0.4) is 0 Å². The molecule has 126 valence electrons. The number of nitrogens with zero attached hydrogens (tertiary/aromatic N) is 5. The first-order chi connectivity index (χ1) is 11.4. The van der Waals surface area contributed by atoms with Crippen LogP contribution in [0.15, 0.2) is 42.6 Å². The molecule has 0 aliphatic rings. The van der Waals surface area contributed by atoms with Gasteiger partial charge >= 0.3 is 0 Å². The molecule has 2 heterocycles. The predicted octanol–water partition coefficient (Wildman–Crippen LogP) is 2.72. The van der Waals surface area contributed by atoms with Crippen molar-refractivity contribution in [3.05, 3.63) is 54.0 Å². The second kappa shape index (κ2) is 6.57. The van der Waals surface area contributed by atoms with Crippen molar-refractivity contribution in [2.45, 2.75) is 39.4 Å². The molecule has 0 saturated heterocycles. The molecule has 0 aliphatic carbocycles. The first-order valence-electron chi connectivity index (χ1n) is 8.14. The van der Waals surface area contributed by atoms with Crippen LogP contribution in [0.2, 0.25) is 0 Å². The molecule has 0 aliphatic heterocycles. The first-order valence-corrected chi connectivity index (χ1v) is 8.14. The van der Waals surface area contributed by atoms with Gasteiger partial charge in [0.15, 0.2) is 0 Å². The minimum atomic E-state index is -0.0438. The van der Waals surface area contributed by atoms with Crippen molar-refractivity contribution in [1.82, 2.24) is 30.1 Å². The molecular weight excluding hydrogens is 300 g/mol. The highest BCUT2D eigenvalue weighted by Gasteiger charge is 2.15. The van der Waals surface area contributed by atoms with Crippen molar-refractivity contribution < 1.29 is 0 Å². The summed E-state index contributed by atoms with van der Waals surface area (Å²) < 4.78 is 3.81. The fraction of sp³-hybridized carbons (Fsp3) is 0.389. The van der Waals surface area contributed by atoms with E-state index in [0.717, 1.165) is 29.2 Å². The third kappa shape index (κ3) is 3.71. The third-order valence-electron chi connectivity index (χ3n) is 3.89. The van der Waals surface area contributed by atoms with Crippen molar-refractivity contribution in [1.29, 1.82) is 0 Å².